The minimum absolute atomic E-state index is 0.403. The summed E-state index contributed by atoms with van der Waals surface area (Å²) in [5.41, 5.74) is 0. The highest BCUT2D eigenvalue weighted by Crippen LogP contribution is 1.95. The van der Waals surface area contributed by atoms with E-state index in [1.165, 1.54) is 6.07 Å². The van der Waals surface area contributed by atoms with Gasteiger partial charge in [-0.05, 0) is 6.92 Å². The van der Waals surface area contributed by atoms with Gasteiger partial charge in [-0.15, -0.1) is 0 Å². The van der Waals surface area contributed by atoms with Gasteiger partial charge in [-0.25, -0.2) is 0 Å². The Morgan fingerprint density at radius 1 is 1.62 bits per heavy atom. The molecule has 0 saturated heterocycles. The molecule has 0 fully saturated rings. The third-order valence-corrected chi connectivity index (χ3v) is 0.973. The van der Waals surface area contributed by atoms with Crippen molar-refractivity contribution < 1.29 is 14.6 Å². The van der Waals surface area contributed by atoms with Crippen molar-refractivity contribution in [2.24, 2.45) is 0 Å². The van der Waals surface area contributed by atoms with E-state index in [1.54, 1.807) is 0 Å². The number of nitriles is 1. The third-order valence-electron chi connectivity index (χ3n) is 0.973. The number of carbonyl (C=O) groups is 1. The third kappa shape index (κ3) is 18.0. The van der Waals surface area contributed by atoms with E-state index in [0.717, 1.165) is 18.8 Å². The average molecular weight is 185 g/mol. The summed E-state index contributed by atoms with van der Waals surface area (Å²) < 4.78 is 5.00. The Bertz CT molecular complexity index is 194. The van der Waals surface area contributed by atoms with Crippen LogP contribution in [0.3, 0.4) is 0 Å². The number of nitrogens with zero attached hydrogens (tertiary/aromatic N) is 1. The molecule has 0 aliphatic heterocycles. The van der Waals surface area contributed by atoms with E-state index < -0.39 is 12.4 Å². The van der Waals surface area contributed by atoms with Gasteiger partial charge < -0.3 is 9.84 Å². The molecule has 0 aromatic heterocycles. The number of hydrogen-bond acceptors (Lipinski definition) is 3. The molecule has 0 aliphatic rings. The number of aliphatic carboxylic acids is 1. The molecule has 0 radical (unpaired) electrons. The Hall–Kier alpha value is -1.50. The van der Waals surface area contributed by atoms with Crippen molar-refractivity contribution >= 4 is 5.97 Å². The molecular weight excluding hydrogens is 170 g/mol. The Balaban J connectivity index is 0. The predicted octanol–water partition coefficient (Wildman–Crippen LogP) is 1.93. The normalized spacial score (nSPS) is 7.46. The maximum atomic E-state index is 9.38. The molecule has 0 aromatic rings. The zero-order valence-electron chi connectivity index (χ0n) is 8.04. The Kier molecular flexibility index (Phi) is 11.3. The van der Waals surface area contributed by atoms with Crippen LogP contribution in [0.2, 0.25) is 0 Å². The average Bonchev–Trinajstić information content (AvgIpc) is 2.05. The van der Waals surface area contributed by atoms with Gasteiger partial charge in [0, 0.05) is 6.42 Å². The molecule has 74 valence electrons. The molecule has 0 unspecified atom stereocenters. The molecule has 13 heavy (non-hydrogen) atoms. The number of hydrogen-bond donors (Lipinski definition) is 1. The van der Waals surface area contributed by atoms with Gasteiger partial charge in [-0.2, -0.15) is 5.26 Å². The lowest BCUT2D eigenvalue weighted by molar-refractivity contribution is -0.135. The Morgan fingerprint density at radius 2 is 2.15 bits per heavy atom. The van der Waals surface area contributed by atoms with E-state index in [1.807, 2.05) is 13.8 Å². The van der Waals surface area contributed by atoms with Crippen LogP contribution in [-0.2, 0) is 9.53 Å². The van der Waals surface area contributed by atoms with Crippen LogP contribution in [-0.4, -0.2) is 17.7 Å². The number of rotatable bonds is 4. The van der Waals surface area contributed by atoms with E-state index in [-0.39, 0.29) is 0 Å². The molecule has 4 heteroatoms. The van der Waals surface area contributed by atoms with Gasteiger partial charge >= 0.3 is 5.97 Å². The van der Waals surface area contributed by atoms with Crippen LogP contribution in [0.4, 0.5) is 0 Å². The van der Waals surface area contributed by atoms with Gasteiger partial charge in [0.05, 0.1) is 18.4 Å². The van der Waals surface area contributed by atoms with Crippen LogP contribution >= 0.6 is 0 Å². The molecule has 4 nitrogen and oxygen atoms in total. The first-order valence-corrected chi connectivity index (χ1v) is 3.97. The quantitative estimate of drug-likeness (QED) is 0.679. The Labute approximate surface area is 78.4 Å². The van der Waals surface area contributed by atoms with E-state index >= 15 is 0 Å². The molecule has 0 rings (SSSR count). The molecule has 0 amide bonds. The van der Waals surface area contributed by atoms with Crippen LogP contribution in [0.5, 0.6) is 0 Å². The van der Waals surface area contributed by atoms with Crippen LogP contribution in [0.25, 0.3) is 0 Å². The molecular formula is C9H15NO3. The van der Waals surface area contributed by atoms with Gasteiger partial charge in [-0.1, -0.05) is 13.5 Å². The van der Waals surface area contributed by atoms with Crippen LogP contribution < -0.4 is 0 Å². The smallest absolute Gasteiger partial charge is 0.317 e. The molecule has 0 spiro atoms. The van der Waals surface area contributed by atoms with Gasteiger partial charge in [0.2, 0.25) is 0 Å². The summed E-state index contributed by atoms with van der Waals surface area (Å²) in [7, 11) is 0. The van der Waals surface area contributed by atoms with Crippen molar-refractivity contribution in [1.29, 1.82) is 5.26 Å². The number of ether oxygens (including phenoxy) is 1. The van der Waals surface area contributed by atoms with Gasteiger partial charge in [0.25, 0.3) is 0 Å². The second-order valence-electron chi connectivity index (χ2n) is 2.05. The fourth-order valence-corrected chi connectivity index (χ4v) is 0.374. The maximum Gasteiger partial charge on any atom is 0.317 e. The molecule has 0 aliphatic carbocycles. The minimum Gasteiger partial charge on any atom is -0.499 e. The van der Waals surface area contributed by atoms with Crippen LogP contribution in [0.15, 0.2) is 12.3 Å². The van der Waals surface area contributed by atoms with E-state index in [9.17, 15) is 4.79 Å². The minimum atomic E-state index is -1.07. The van der Waals surface area contributed by atoms with Crippen molar-refractivity contribution in [2.75, 3.05) is 6.61 Å². The lowest BCUT2D eigenvalue weighted by atomic mass is 10.4. The highest BCUT2D eigenvalue weighted by Gasteiger charge is 1.87. The van der Waals surface area contributed by atoms with Crippen molar-refractivity contribution in [2.45, 2.75) is 26.7 Å². The highest BCUT2D eigenvalue weighted by molar-refractivity contribution is 5.69. The maximum absolute atomic E-state index is 9.38. The summed E-state index contributed by atoms with van der Waals surface area (Å²) in [5, 5.41) is 15.3. The summed E-state index contributed by atoms with van der Waals surface area (Å²) in [6, 6.07) is 1.47. The second-order valence-corrected chi connectivity index (χ2v) is 2.05. The van der Waals surface area contributed by atoms with Crippen LogP contribution in [0, 0.1) is 11.3 Å². The lowest BCUT2D eigenvalue weighted by Crippen LogP contribution is -1.88. The first-order chi connectivity index (χ1) is 6.08. The van der Waals surface area contributed by atoms with E-state index in [4.69, 9.17) is 15.1 Å². The number of allylic oxidation sites excluding steroid dienone is 1. The van der Waals surface area contributed by atoms with E-state index in [0.29, 0.717) is 0 Å². The second kappa shape index (κ2) is 10.5. The van der Waals surface area contributed by atoms with E-state index in [2.05, 4.69) is 6.58 Å². The summed E-state index contributed by atoms with van der Waals surface area (Å²) >= 11 is 0. The van der Waals surface area contributed by atoms with Crippen molar-refractivity contribution in [1.82, 2.24) is 0 Å². The summed E-state index contributed by atoms with van der Waals surface area (Å²) in [4.78, 5) is 9.38. The molecule has 0 bridgehead atoms. The number of carboxylic acids is 1. The fraction of sp³-hybridized carbons (Fsp3) is 0.556. The largest absolute Gasteiger partial charge is 0.499 e. The summed E-state index contributed by atoms with van der Waals surface area (Å²) in [6.07, 6.45) is 0.522. The fourth-order valence-electron chi connectivity index (χ4n) is 0.374. The highest BCUT2D eigenvalue weighted by atomic mass is 16.5. The summed E-state index contributed by atoms with van der Waals surface area (Å²) in [6.45, 7) is 8.37. The zero-order chi connectivity index (χ0) is 10.7. The molecule has 0 heterocycles. The zero-order valence-corrected chi connectivity index (χ0v) is 8.04. The van der Waals surface area contributed by atoms with Crippen molar-refractivity contribution in [3.8, 4) is 6.07 Å². The molecule has 1 N–H and O–H groups in total. The lowest BCUT2D eigenvalue weighted by Gasteiger charge is -2.00. The van der Waals surface area contributed by atoms with Gasteiger partial charge in [-0.3, -0.25) is 4.79 Å². The predicted molar refractivity (Wildman–Crippen MR) is 48.9 cm³/mol. The SMILES string of the molecule is C=C(CC)OCC.N#CCC(=O)O. The molecule has 0 atom stereocenters. The van der Waals surface area contributed by atoms with Crippen molar-refractivity contribution in [3.05, 3.63) is 12.3 Å². The molecule has 0 aromatic carbocycles. The topological polar surface area (TPSA) is 70.3 Å². The monoisotopic (exact) mass is 185 g/mol. The first kappa shape index (κ1) is 14.0. The standard InChI is InChI=1S/C6H12O.C3H3NO2/c1-4-6(3)7-5-2;4-2-1-3(5)6/h3-5H2,1-2H3;1H2,(H,5,6). The van der Waals surface area contributed by atoms with Crippen LogP contribution in [0.1, 0.15) is 26.7 Å². The number of carboxylic acid groups (broad SMARTS) is 1. The van der Waals surface area contributed by atoms with Gasteiger partial charge in [0.1, 0.15) is 6.42 Å². The Morgan fingerprint density at radius 3 is 2.23 bits per heavy atom. The van der Waals surface area contributed by atoms with Gasteiger partial charge in [0.15, 0.2) is 0 Å². The molecule has 0 saturated carbocycles. The first-order valence-electron chi connectivity index (χ1n) is 3.97. The summed E-state index contributed by atoms with van der Waals surface area (Å²) in [5.74, 6) is -0.194. The van der Waals surface area contributed by atoms with Crippen molar-refractivity contribution in [3.63, 3.8) is 0 Å².